The van der Waals surface area contributed by atoms with E-state index >= 15 is 0 Å². The Hall–Kier alpha value is -2.86. The average molecular weight is 339 g/mol. The number of benzene rings is 2. The fraction of sp³-hybridized carbons (Fsp3) is 0.263. The van der Waals surface area contributed by atoms with E-state index in [1.165, 1.54) is 0 Å². The quantitative estimate of drug-likeness (QED) is 0.774. The first-order valence-electron chi connectivity index (χ1n) is 8.01. The highest BCUT2D eigenvalue weighted by Gasteiger charge is 2.17. The first-order valence-corrected chi connectivity index (χ1v) is 8.01. The predicted octanol–water partition coefficient (Wildman–Crippen LogP) is 2.68. The highest BCUT2D eigenvalue weighted by Crippen LogP contribution is 2.22. The zero-order valence-corrected chi connectivity index (χ0v) is 14.7. The summed E-state index contributed by atoms with van der Waals surface area (Å²) in [6, 6.07) is 12.6. The van der Waals surface area contributed by atoms with Crippen LogP contribution in [0.3, 0.4) is 0 Å². The van der Waals surface area contributed by atoms with Crippen molar-refractivity contribution in [2.75, 3.05) is 21.3 Å². The molecule has 6 nitrogen and oxygen atoms in total. The van der Waals surface area contributed by atoms with Gasteiger partial charge >= 0.3 is 0 Å². The van der Waals surface area contributed by atoms with Crippen LogP contribution >= 0.6 is 0 Å². The number of hydrogen-bond acceptors (Lipinski definition) is 5. The van der Waals surface area contributed by atoms with E-state index in [1.807, 2.05) is 38.2 Å². The molecule has 0 fully saturated rings. The SMILES string of the molecule is CNC(C)c1nc2ccc(OC)cc2c(=O)n1-c1ccc(OC)cc1. The van der Waals surface area contributed by atoms with E-state index in [0.29, 0.717) is 22.5 Å². The largest absolute Gasteiger partial charge is 0.497 e. The second-order valence-electron chi connectivity index (χ2n) is 5.70. The summed E-state index contributed by atoms with van der Waals surface area (Å²) in [4.78, 5) is 17.9. The van der Waals surface area contributed by atoms with Crippen molar-refractivity contribution < 1.29 is 9.47 Å². The summed E-state index contributed by atoms with van der Waals surface area (Å²) in [6.07, 6.45) is 0. The molecule has 0 aliphatic carbocycles. The maximum atomic E-state index is 13.2. The van der Waals surface area contributed by atoms with E-state index in [-0.39, 0.29) is 11.6 Å². The number of nitrogens with zero attached hydrogens (tertiary/aromatic N) is 2. The van der Waals surface area contributed by atoms with Gasteiger partial charge in [-0.25, -0.2) is 4.98 Å². The maximum Gasteiger partial charge on any atom is 0.266 e. The van der Waals surface area contributed by atoms with E-state index < -0.39 is 0 Å². The molecule has 0 spiro atoms. The first kappa shape index (κ1) is 17.0. The lowest BCUT2D eigenvalue weighted by atomic mass is 10.2. The van der Waals surface area contributed by atoms with Crippen molar-refractivity contribution in [2.24, 2.45) is 0 Å². The number of fused-ring (bicyclic) bond motifs is 1. The van der Waals surface area contributed by atoms with Crippen LogP contribution in [0.15, 0.2) is 47.3 Å². The summed E-state index contributed by atoms with van der Waals surface area (Å²) in [5, 5.41) is 3.67. The van der Waals surface area contributed by atoms with Crippen molar-refractivity contribution in [3.63, 3.8) is 0 Å². The molecule has 0 aliphatic heterocycles. The molecule has 0 amide bonds. The van der Waals surface area contributed by atoms with Gasteiger partial charge in [0.2, 0.25) is 0 Å². The van der Waals surface area contributed by atoms with Crippen molar-refractivity contribution in [2.45, 2.75) is 13.0 Å². The van der Waals surface area contributed by atoms with Crippen LogP contribution < -0.4 is 20.3 Å². The van der Waals surface area contributed by atoms with Crippen LogP contribution in [0, 0.1) is 0 Å². The number of aromatic nitrogens is 2. The average Bonchev–Trinajstić information content (AvgIpc) is 2.67. The third-order valence-corrected chi connectivity index (χ3v) is 4.25. The van der Waals surface area contributed by atoms with E-state index in [1.54, 1.807) is 37.0 Å². The van der Waals surface area contributed by atoms with Crippen molar-refractivity contribution >= 4 is 10.9 Å². The molecule has 3 aromatic rings. The number of methoxy groups -OCH3 is 2. The molecule has 1 aromatic heterocycles. The lowest BCUT2D eigenvalue weighted by molar-refractivity contribution is 0.414. The van der Waals surface area contributed by atoms with E-state index in [9.17, 15) is 4.79 Å². The Balaban J connectivity index is 2.32. The van der Waals surface area contributed by atoms with Gasteiger partial charge in [-0.05, 0) is 56.4 Å². The van der Waals surface area contributed by atoms with Crippen molar-refractivity contribution in [1.82, 2.24) is 14.9 Å². The molecule has 0 aliphatic rings. The molecule has 25 heavy (non-hydrogen) atoms. The van der Waals surface area contributed by atoms with Gasteiger partial charge in [-0.15, -0.1) is 0 Å². The van der Waals surface area contributed by atoms with Gasteiger partial charge < -0.3 is 14.8 Å². The molecule has 3 rings (SSSR count). The van der Waals surface area contributed by atoms with Gasteiger partial charge in [0.1, 0.15) is 17.3 Å². The Morgan fingerprint density at radius 3 is 2.28 bits per heavy atom. The summed E-state index contributed by atoms with van der Waals surface area (Å²) >= 11 is 0. The molecular formula is C19H21N3O3. The maximum absolute atomic E-state index is 13.2. The summed E-state index contributed by atoms with van der Waals surface area (Å²) in [5.74, 6) is 2.01. The Morgan fingerprint density at radius 2 is 1.68 bits per heavy atom. The van der Waals surface area contributed by atoms with Gasteiger partial charge in [0.15, 0.2) is 0 Å². The van der Waals surface area contributed by atoms with Gasteiger partial charge in [-0.1, -0.05) is 0 Å². The van der Waals surface area contributed by atoms with Crippen molar-refractivity contribution in [3.05, 3.63) is 58.6 Å². The summed E-state index contributed by atoms with van der Waals surface area (Å²) in [7, 11) is 5.03. The third-order valence-electron chi connectivity index (χ3n) is 4.25. The zero-order valence-electron chi connectivity index (χ0n) is 14.7. The van der Waals surface area contributed by atoms with Crippen LogP contribution in [0.25, 0.3) is 16.6 Å². The zero-order chi connectivity index (χ0) is 18.0. The Morgan fingerprint density at radius 1 is 1.04 bits per heavy atom. The third kappa shape index (κ3) is 3.08. The molecule has 0 saturated heterocycles. The van der Waals surface area contributed by atoms with Gasteiger partial charge in [-0.3, -0.25) is 9.36 Å². The van der Waals surface area contributed by atoms with Crippen molar-refractivity contribution in [1.29, 1.82) is 0 Å². The second kappa shape index (κ2) is 6.94. The predicted molar refractivity (Wildman–Crippen MR) is 97.9 cm³/mol. The van der Waals surface area contributed by atoms with Crippen LogP contribution in [0.2, 0.25) is 0 Å². The molecule has 1 N–H and O–H groups in total. The minimum Gasteiger partial charge on any atom is -0.497 e. The van der Waals surface area contributed by atoms with Crippen LogP contribution in [0.1, 0.15) is 18.8 Å². The number of hydrogen-bond donors (Lipinski definition) is 1. The molecule has 0 saturated carbocycles. The molecular weight excluding hydrogens is 318 g/mol. The molecule has 0 radical (unpaired) electrons. The lowest BCUT2D eigenvalue weighted by Crippen LogP contribution is -2.28. The first-order chi connectivity index (χ1) is 12.1. The highest BCUT2D eigenvalue weighted by molar-refractivity contribution is 5.79. The Bertz CT molecular complexity index is 949. The lowest BCUT2D eigenvalue weighted by Gasteiger charge is -2.18. The second-order valence-corrected chi connectivity index (χ2v) is 5.70. The number of rotatable bonds is 5. The van der Waals surface area contributed by atoms with Gasteiger partial charge in [0.05, 0.1) is 36.9 Å². The van der Waals surface area contributed by atoms with E-state index in [2.05, 4.69) is 5.32 Å². The van der Waals surface area contributed by atoms with Crippen LogP contribution in [0.4, 0.5) is 0 Å². The van der Waals surface area contributed by atoms with Crippen LogP contribution in [-0.2, 0) is 0 Å². The summed E-state index contributed by atoms with van der Waals surface area (Å²) < 4.78 is 12.1. The van der Waals surface area contributed by atoms with Gasteiger partial charge in [0, 0.05) is 0 Å². The van der Waals surface area contributed by atoms with Crippen LogP contribution in [-0.4, -0.2) is 30.8 Å². The van der Waals surface area contributed by atoms with E-state index in [0.717, 1.165) is 11.4 Å². The van der Waals surface area contributed by atoms with Crippen molar-refractivity contribution in [3.8, 4) is 17.2 Å². The standard InChI is InChI=1S/C19H21N3O3/c1-12(20-2)18-21-17-10-9-15(25-4)11-16(17)19(23)22(18)13-5-7-14(24-3)8-6-13/h5-12,20H,1-4H3. The van der Waals surface area contributed by atoms with E-state index in [4.69, 9.17) is 14.5 Å². The normalized spacial score (nSPS) is 12.2. The number of nitrogens with one attached hydrogen (secondary N) is 1. The highest BCUT2D eigenvalue weighted by atomic mass is 16.5. The topological polar surface area (TPSA) is 65.4 Å². The molecule has 6 heteroatoms. The fourth-order valence-corrected chi connectivity index (χ4v) is 2.71. The smallest absolute Gasteiger partial charge is 0.266 e. The molecule has 1 heterocycles. The summed E-state index contributed by atoms with van der Waals surface area (Å²) in [5.41, 5.74) is 1.25. The molecule has 1 atom stereocenters. The van der Waals surface area contributed by atoms with Gasteiger partial charge in [0.25, 0.3) is 5.56 Å². The molecule has 130 valence electrons. The molecule has 2 aromatic carbocycles. The Kier molecular flexibility index (Phi) is 4.72. The molecule has 1 unspecified atom stereocenters. The summed E-state index contributed by atoms with van der Waals surface area (Å²) in [6.45, 7) is 1.97. The molecule has 0 bridgehead atoms. The number of ether oxygens (including phenoxy) is 2. The fourth-order valence-electron chi connectivity index (χ4n) is 2.71. The Labute approximate surface area is 146 Å². The van der Waals surface area contributed by atoms with Gasteiger partial charge in [-0.2, -0.15) is 0 Å². The van der Waals surface area contributed by atoms with Crippen LogP contribution in [0.5, 0.6) is 11.5 Å². The monoisotopic (exact) mass is 339 g/mol. The minimum absolute atomic E-state index is 0.0960. The minimum atomic E-state index is -0.133.